The van der Waals surface area contributed by atoms with Crippen LogP contribution in [0.5, 0.6) is 0 Å². The van der Waals surface area contributed by atoms with Gasteiger partial charge in [0.25, 0.3) is 5.91 Å². The maximum Gasteiger partial charge on any atom is 0.257 e. The van der Waals surface area contributed by atoms with E-state index in [9.17, 15) is 4.79 Å². The Labute approximate surface area is 147 Å². The molecule has 2 aromatic carbocycles. The molecule has 2 aromatic rings. The molecule has 4 nitrogen and oxygen atoms in total. The molecule has 0 unspecified atom stereocenters. The summed E-state index contributed by atoms with van der Waals surface area (Å²) >= 11 is 2.01. The van der Waals surface area contributed by atoms with Crippen molar-refractivity contribution in [1.82, 2.24) is 4.90 Å². The Morgan fingerprint density at radius 2 is 1.92 bits per heavy atom. The molecule has 0 aromatic heterocycles. The monoisotopic (exact) mass is 341 g/mol. The van der Waals surface area contributed by atoms with Crippen LogP contribution in [0.1, 0.15) is 21.5 Å². The molecule has 0 bridgehead atoms. The van der Waals surface area contributed by atoms with Crippen molar-refractivity contribution in [3.8, 4) is 0 Å². The average Bonchev–Trinajstić information content (AvgIpc) is 2.60. The second-order valence-corrected chi connectivity index (χ2v) is 7.24. The van der Waals surface area contributed by atoms with E-state index in [2.05, 4.69) is 23.2 Å². The predicted octanol–water partition coefficient (Wildman–Crippen LogP) is 3.38. The minimum Gasteiger partial charge on any atom is -0.398 e. The van der Waals surface area contributed by atoms with E-state index in [-0.39, 0.29) is 5.91 Å². The first-order valence-corrected chi connectivity index (χ1v) is 9.35. The number of carbonyl (C=O) groups is 1. The predicted molar refractivity (Wildman–Crippen MR) is 103 cm³/mol. The molecule has 1 aliphatic rings. The van der Waals surface area contributed by atoms with E-state index in [1.54, 1.807) is 12.1 Å². The maximum absolute atomic E-state index is 12.5. The van der Waals surface area contributed by atoms with Gasteiger partial charge in [0.2, 0.25) is 0 Å². The SMILES string of the molecule is Cc1c(CN2CCSCC2)cccc1NC(=O)c1ccccc1N. The maximum atomic E-state index is 12.5. The van der Waals surface area contributed by atoms with Crippen molar-refractivity contribution >= 4 is 29.0 Å². The normalized spacial score (nSPS) is 15.2. The molecule has 0 atom stereocenters. The Hall–Kier alpha value is -1.98. The summed E-state index contributed by atoms with van der Waals surface area (Å²) < 4.78 is 0. The van der Waals surface area contributed by atoms with E-state index < -0.39 is 0 Å². The van der Waals surface area contributed by atoms with Crippen molar-refractivity contribution in [2.24, 2.45) is 0 Å². The van der Waals surface area contributed by atoms with Gasteiger partial charge in [-0.05, 0) is 36.2 Å². The molecule has 3 rings (SSSR count). The zero-order valence-electron chi connectivity index (χ0n) is 13.9. The number of nitrogens with zero attached hydrogens (tertiary/aromatic N) is 1. The number of nitrogens with two attached hydrogens (primary N) is 1. The quantitative estimate of drug-likeness (QED) is 0.837. The Bertz CT molecular complexity index is 726. The third-order valence-electron chi connectivity index (χ3n) is 4.40. The Balaban J connectivity index is 1.75. The molecule has 0 radical (unpaired) electrons. The zero-order valence-corrected chi connectivity index (χ0v) is 14.7. The highest BCUT2D eigenvalue weighted by atomic mass is 32.2. The summed E-state index contributed by atoms with van der Waals surface area (Å²) in [6, 6.07) is 13.2. The Morgan fingerprint density at radius 3 is 2.67 bits per heavy atom. The number of para-hydroxylation sites is 1. The molecular weight excluding hydrogens is 318 g/mol. The lowest BCUT2D eigenvalue weighted by atomic mass is 10.1. The summed E-state index contributed by atoms with van der Waals surface area (Å²) in [7, 11) is 0. The molecule has 126 valence electrons. The van der Waals surface area contributed by atoms with Gasteiger partial charge in [-0.3, -0.25) is 9.69 Å². The van der Waals surface area contributed by atoms with Gasteiger partial charge in [-0.2, -0.15) is 11.8 Å². The summed E-state index contributed by atoms with van der Waals surface area (Å²) in [5.74, 6) is 2.23. The molecule has 1 aliphatic heterocycles. The number of thioether (sulfide) groups is 1. The van der Waals surface area contributed by atoms with Crippen molar-refractivity contribution in [2.45, 2.75) is 13.5 Å². The number of carbonyl (C=O) groups excluding carboxylic acids is 1. The highest BCUT2D eigenvalue weighted by Gasteiger charge is 2.15. The van der Waals surface area contributed by atoms with Crippen molar-refractivity contribution < 1.29 is 4.79 Å². The lowest BCUT2D eigenvalue weighted by molar-refractivity contribution is 0.102. The molecule has 0 spiro atoms. The number of nitrogen functional groups attached to an aromatic ring is 1. The number of anilines is 2. The third-order valence-corrected chi connectivity index (χ3v) is 5.34. The first-order valence-electron chi connectivity index (χ1n) is 8.19. The van der Waals surface area contributed by atoms with Crippen LogP contribution in [0.15, 0.2) is 42.5 Å². The lowest BCUT2D eigenvalue weighted by Gasteiger charge is -2.27. The van der Waals surface area contributed by atoms with E-state index >= 15 is 0 Å². The van der Waals surface area contributed by atoms with E-state index in [4.69, 9.17) is 5.73 Å². The summed E-state index contributed by atoms with van der Waals surface area (Å²) in [4.78, 5) is 15.0. The van der Waals surface area contributed by atoms with Gasteiger partial charge in [-0.25, -0.2) is 0 Å². The number of nitrogens with one attached hydrogen (secondary N) is 1. The highest BCUT2D eigenvalue weighted by Crippen LogP contribution is 2.23. The summed E-state index contributed by atoms with van der Waals surface area (Å²) in [5.41, 5.74) is 10.1. The van der Waals surface area contributed by atoms with Crippen molar-refractivity contribution in [1.29, 1.82) is 0 Å². The van der Waals surface area contributed by atoms with E-state index in [0.717, 1.165) is 30.9 Å². The molecule has 1 fully saturated rings. The molecule has 1 heterocycles. The Morgan fingerprint density at radius 1 is 1.17 bits per heavy atom. The fraction of sp³-hybridized carbons (Fsp3) is 0.316. The van der Waals surface area contributed by atoms with Gasteiger partial charge >= 0.3 is 0 Å². The van der Waals surface area contributed by atoms with Crippen molar-refractivity contribution in [3.63, 3.8) is 0 Å². The molecular formula is C19H23N3OS. The summed E-state index contributed by atoms with van der Waals surface area (Å²) in [6.45, 7) is 5.25. The largest absolute Gasteiger partial charge is 0.398 e. The van der Waals surface area contributed by atoms with Gasteiger partial charge in [0.1, 0.15) is 0 Å². The molecule has 0 saturated carbocycles. The van der Waals surface area contributed by atoms with Gasteiger partial charge in [-0.15, -0.1) is 0 Å². The Kier molecular flexibility index (Phi) is 5.43. The van der Waals surface area contributed by atoms with E-state index in [1.807, 2.05) is 36.0 Å². The molecule has 0 aliphatic carbocycles. The topological polar surface area (TPSA) is 58.4 Å². The first-order chi connectivity index (χ1) is 11.6. The molecule has 3 N–H and O–H groups in total. The summed E-state index contributed by atoms with van der Waals surface area (Å²) in [5, 5.41) is 3.00. The van der Waals surface area contributed by atoms with E-state index in [0.29, 0.717) is 11.3 Å². The molecule has 24 heavy (non-hydrogen) atoms. The van der Waals surface area contributed by atoms with Gasteiger partial charge in [0.15, 0.2) is 0 Å². The van der Waals surface area contributed by atoms with Crippen LogP contribution < -0.4 is 11.1 Å². The van der Waals surface area contributed by atoms with E-state index in [1.165, 1.54) is 17.1 Å². The zero-order chi connectivity index (χ0) is 16.9. The van der Waals surface area contributed by atoms with Gasteiger partial charge in [0.05, 0.1) is 5.56 Å². The van der Waals surface area contributed by atoms with Crippen LogP contribution in [0, 0.1) is 6.92 Å². The first kappa shape index (κ1) is 16.9. The van der Waals surface area contributed by atoms with Gasteiger partial charge < -0.3 is 11.1 Å². The number of hydrogen-bond acceptors (Lipinski definition) is 4. The van der Waals surface area contributed by atoms with Crippen molar-refractivity contribution in [3.05, 3.63) is 59.2 Å². The molecule has 5 heteroatoms. The number of amides is 1. The van der Waals surface area contributed by atoms with Crippen LogP contribution in [-0.2, 0) is 6.54 Å². The van der Waals surface area contributed by atoms with Crippen molar-refractivity contribution in [2.75, 3.05) is 35.6 Å². The van der Waals surface area contributed by atoms with Crippen LogP contribution in [-0.4, -0.2) is 35.4 Å². The fourth-order valence-electron chi connectivity index (χ4n) is 2.88. The standard InChI is InChI=1S/C19H23N3OS/c1-14-15(13-22-9-11-24-12-10-22)5-4-8-18(14)21-19(23)16-6-2-3-7-17(16)20/h2-8H,9-13,20H2,1H3,(H,21,23). The number of rotatable bonds is 4. The van der Waals surface area contributed by atoms with Crippen LogP contribution in [0.3, 0.4) is 0 Å². The van der Waals surface area contributed by atoms with Gasteiger partial charge in [-0.1, -0.05) is 24.3 Å². The minimum absolute atomic E-state index is 0.164. The number of benzene rings is 2. The van der Waals surface area contributed by atoms with Crippen LogP contribution in [0.2, 0.25) is 0 Å². The molecule has 1 saturated heterocycles. The van der Waals surface area contributed by atoms with Crippen LogP contribution >= 0.6 is 11.8 Å². The summed E-state index contributed by atoms with van der Waals surface area (Å²) in [6.07, 6.45) is 0. The minimum atomic E-state index is -0.164. The highest BCUT2D eigenvalue weighted by molar-refractivity contribution is 7.99. The number of hydrogen-bond donors (Lipinski definition) is 2. The van der Waals surface area contributed by atoms with Gasteiger partial charge in [0, 0.05) is 42.5 Å². The lowest BCUT2D eigenvalue weighted by Crippen LogP contribution is -2.32. The third kappa shape index (κ3) is 3.91. The molecule has 1 amide bonds. The second-order valence-electron chi connectivity index (χ2n) is 6.02. The second kappa shape index (κ2) is 7.73. The van der Waals surface area contributed by atoms with Crippen LogP contribution in [0.4, 0.5) is 11.4 Å². The average molecular weight is 341 g/mol. The fourth-order valence-corrected chi connectivity index (χ4v) is 3.86. The van der Waals surface area contributed by atoms with Crippen LogP contribution in [0.25, 0.3) is 0 Å². The smallest absolute Gasteiger partial charge is 0.257 e.